The molecule has 2 aromatic heterocycles. The molecule has 1 atom stereocenters. The van der Waals surface area contributed by atoms with Gasteiger partial charge in [-0.1, -0.05) is 84.4 Å². The maximum Gasteiger partial charge on any atom is 0.223 e. The zero-order valence-corrected chi connectivity index (χ0v) is 20.4. The van der Waals surface area contributed by atoms with Crippen LogP contribution in [0, 0.1) is 0 Å². The molecule has 178 valence electrons. The molecular formula is C29H29ClN4O. The van der Waals surface area contributed by atoms with E-state index < -0.39 is 0 Å². The Hall–Kier alpha value is -3.41. The van der Waals surface area contributed by atoms with Gasteiger partial charge in [0.2, 0.25) is 5.91 Å². The SMILES string of the molecule is O=C(CC(c1ccccc1)c1cnc2ccc(Cl)cn12)N1CCN(C/C=C/c2ccccc2)CC1. The van der Waals surface area contributed by atoms with Gasteiger partial charge in [-0.05, 0) is 23.3 Å². The molecule has 1 aliphatic rings. The van der Waals surface area contributed by atoms with Gasteiger partial charge in [0.1, 0.15) is 5.65 Å². The van der Waals surface area contributed by atoms with Crippen LogP contribution in [0.3, 0.4) is 0 Å². The molecule has 35 heavy (non-hydrogen) atoms. The van der Waals surface area contributed by atoms with Gasteiger partial charge >= 0.3 is 0 Å². The highest BCUT2D eigenvalue weighted by Crippen LogP contribution is 2.30. The third-order valence-electron chi connectivity index (χ3n) is 6.63. The van der Waals surface area contributed by atoms with Crippen LogP contribution in [0.5, 0.6) is 0 Å². The van der Waals surface area contributed by atoms with Gasteiger partial charge in [-0.15, -0.1) is 0 Å². The summed E-state index contributed by atoms with van der Waals surface area (Å²) >= 11 is 6.28. The first kappa shape index (κ1) is 23.3. The molecule has 0 bridgehead atoms. The van der Waals surface area contributed by atoms with Gasteiger partial charge in [-0.3, -0.25) is 9.69 Å². The van der Waals surface area contributed by atoms with E-state index in [0.29, 0.717) is 11.4 Å². The van der Waals surface area contributed by atoms with Crippen LogP contribution in [0.4, 0.5) is 0 Å². The summed E-state index contributed by atoms with van der Waals surface area (Å²) in [5, 5.41) is 0.646. The average molecular weight is 485 g/mol. The van der Waals surface area contributed by atoms with Crippen molar-refractivity contribution in [2.45, 2.75) is 12.3 Å². The molecule has 0 N–H and O–H groups in total. The van der Waals surface area contributed by atoms with Gasteiger partial charge in [0.05, 0.1) is 10.7 Å². The predicted octanol–water partition coefficient (Wildman–Crippen LogP) is 5.37. The predicted molar refractivity (Wildman–Crippen MR) is 142 cm³/mol. The van der Waals surface area contributed by atoms with Crippen LogP contribution >= 0.6 is 11.6 Å². The minimum atomic E-state index is -0.0935. The fourth-order valence-corrected chi connectivity index (χ4v) is 4.86. The van der Waals surface area contributed by atoms with Crippen molar-refractivity contribution in [3.63, 3.8) is 0 Å². The summed E-state index contributed by atoms with van der Waals surface area (Å²) in [6.45, 7) is 4.15. The number of piperazine rings is 1. The Morgan fingerprint density at radius 2 is 1.66 bits per heavy atom. The van der Waals surface area contributed by atoms with Crippen LogP contribution < -0.4 is 0 Å². The molecule has 3 heterocycles. The molecule has 0 aliphatic carbocycles. The Morgan fingerprint density at radius 3 is 2.40 bits per heavy atom. The van der Waals surface area contributed by atoms with Gasteiger partial charge in [0.15, 0.2) is 0 Å². The molecule has 1 amide bonds. The highest BCUT2D eigenvalue weighted by Gasteiger charge is 2.26. The first-order valence-electron chi connectivity index (χ1n) is 12.1. The van der Waals surface area contributed by atoms with E-state index in [1.54, 1.807) is 0 Å². The second-order valence-electron chi connectivity index (χ2n) is 8.92. The lowest BCUT2D eigenvalue weighted by molar-refractivity contribution is -0.133. The molecule has 0 radical (unpaired) electrons. The molecule has 1 fully saturated rings. The third-order valence-corrected chi connectivity index (χ3v) is 6.86. The van der Waals surface area contributed by atoms with Gasteiger partial charge in [0, 0.05) is 57.5 Å². The molecule has 0 spiro atoms. The first-order chi connectivity index (χ1) is 17.2. The number of imidazole rings is 1. The standard InChI is InChI=1S/C29H29ClN4O/c30-25-13-14-28-31-21-27(34(28)22-25)26(24-11-5-2-6-12-24)20-29(35)33-18-16-32(17-19-33)15-7-10-23-8-3-1-4-9-23/h1-14,21-22,26H,15-20H2/b10-7+. The molecule has 0 saturated carbocycles. The number of hydrogen-bond donors (Lipinski definition) is 0. The number of rotatable bonds is 7. The van der Waals surface area contributed by atoms with Crippen molar-refractivity contribution in [2.24, 2.45) is 0 Å². The Labute approximate surface area is 211 Å². The van der Waals surface area contributed by atoms with Crippen LogP contribution in [0.2, 0.25) is 5.02 Å². The van der Waals surface area contributed by atoms with Crippen LogP contribution in [-0.2, 0) is 4.79 Å². The number of carbonyl (C=O) groups is 1. The van der Waals surface area contributed by atoms with E-state index in [0.717, 1.165) is 49.6 Å². The zero-order valence-electron chi connectivity index (χ0n) is 19.6. The fourth-order valence-electron chi connectivity index (χ4n) is 4.70. The van der Waals surface area contributed by atoms with Gasteiger partial charge < -0.3 is 9.30 Å². The topological polar surface area (TPSA) is 40.9 Å². The quantitative estimate of drug-likeness (QED) is 0.354. The van der Waals surface area contributed by atoms with Crippen LogP contribution in [0.15, 0.2) is 91.3 Å². The number of pyridine rings is 1. The summed E-state index contributed by atoms with van der Waals surface area (Å²) in [6, 6.07) is 24.3. The third kappa shape index (κ3) is 5.64. The molecule has 2 aromatic carbocycles. The summed E-state index contributed by atoms with van der Waals surface area (Å²) < 4.78 is 2.00. The van der Waals surface area contributed by atoms with Crippen LogP contribution in [0.25, 0.3) is 11.7 Å². The Morgan fingerprint density at radius 1 is 0.943 bits per heavy atom. The molecule has 1 saturated heterocycles. The van der Waals surface area contributed by atoms with E-state index in [2.05, 4.69) is 46.3 Å². The Bertz CT molecular complexity index is 1290. The van der Waals surface area contributed by atoms with Gasteiger partial charge in [-0.2, -0.15) is 0 Å². The summed E-state index contributed by atoms with van der Waals surface area (Å²) in [4.78, 5) is 22.4. The number of fused-ring (bicyclic) bond motifs is 1. The Balaban J connectivity index is 1.25. The van der Waals surface area contributed by atoms with Crippen molar-refractivity contribution < 1.29 is 4.79 Å². The van der Waals surface area contributed by atoms with E-state index in [1.807, 2.05) is 70.2 Å². The highest BCUT2D eigenvalue weighted by molar-refractivity contribution is 6.30. The Kier molecular flexibility index (Phi) is 7.26. The number of carbonyl (C=O) groups excluding carboxylic acids is 1. The van der Waals surface area contributed by atoms with Crippen LogP contribution in [-0.4, -0.2) is 57.8 Å². The van der Waals surface area contributed by atoms with Crippen molar-refractivity contribution in [1.82, 2.24) is 19.2 Å². The van der Waals surface area contributed by atoms with Gasteiger partial charge in [-0.25, -0.2) is 4.98 Å². The summed E-state index contributed by atoms with van der Waals surface area (Å²) in [7, 11) is 0. The van der Waals surface area contributed by atoms with Crippen molar-refractivity contribution in [3.8, 4) is 0 Å². The second-order valence-corrected chi connectivity index (χ2v) is 9.36. The second kappa shape index (κ2) is 10.9. The first-order valence-corrected chi connectivity index (χ1v) is 12.4. The van der Waals surface area contributed by atoms with E-state index >= 15 is 0 Å². The highest BCUT2D eigenvalue weighted by atomic mass is 35.5. The average Bonchev–Trinajstić information content (AvgIpc) is 3.31. The van der Waals surface area contributed by atoms with Crippen molar-refractivity contribution in [1.29, 1.82) is 0 Å². The van der Waals surface area contributed by atoms with Crippen molar-refractivity contribution >= 4 is 29.2 Å². The van der Waals surface area contributed by atoms with Gasteiger partial charge in [0.25, 0.3) is 0 Å². The number of hydrogen-bond acceptors (Lipinski definition) is 3. The summed E-state index contributed by atoms with van der Waals surface area (Å²) in [5.74, 6) is 0.0827. The van der Waals surface area contributed by atoms with Crippen molar-refractivity contribution in [2.75, 3.05) is 32.7 Å². The van der Waals surface area contributed by atoms with Crippen molar-refractivity contribution in [3.05, 3.63) is 113 Å². The number of nitrogens with zero attached hydrogens (tertiary/aromatic N) is 4. The number of halogens is 1. The number of aromatic nitrogens is 2. The molecule has 5 nitrogen and oxygen atoms in total. The minimum absolute atomic E-state index is 0.0935. The zero-order chi connectivity index (χ0) is 24.0. The van der Waals surface area contributed by atoms with Crippen LogP contribution in [0.1, 0.15) is 29.2 Å². The smallest absolute Gasteiger partial charge is 0.223 e. The monoisotopic (exact) mass is 484 g/mol. The molecule has 1 aliphatic heterocycles. The maximum atomic E-state index is 13.4. The molecule has 6 heteroatoms. The normalized spacial score (nSPS) is 15.6. The lowest BCUT2D eigenvalue weighted by Crippen LogP contribution is -2.48. The molecule has 1 unspecified atom stereocenters. The lowest BCUT2D eigenvalue weighted by atomic mass is 9.92. The molecular weight excluding hydrogens is 456 g/mol. The fraction of sp³-hybridized carbons (Fsp3) is 0.241. The summed E-state index contributed by atoms with van der Waals surface area (Å²) in [5.41, 5.74) is 4.12. The number of amides is 1. The number of benzene rings is 2. The van der Waals surface area contributed by atoms with E-state index in [9.17, 15) is 4.79 Å². The molecule has 5 rings (SSSR count). The van der Waals surface area contributed by atoms with E-state index in [-0.39, 0.29) is 11.8 Å². The lowest BCUT2D eigenvalue weighted by Gasteiger charge is -2.35. The summed E-state index contributed by atoms with van der Waals surface area (Å²) in [6.07, 6.45) is 8.51. The largest absolute Gasteiger partial charge is 0.340 e. The minimum Gasteiger partial charge on any atom is -0.340 e. The van der Waals surface area contributed by atoms with E-state index in [4.69, 9.17) is 11.6 Å². The van der Waals surface area contributed by atoms with E-state index in [1.165, 1.54) is 5.56 Å². The molecule has 4 aromatic rings. The maximum absolute atomic E-state index is 13.4.